The molecule has 4 aromatic rings. The third-order valence-corrected chi connectivity index (χ3v) is 5.70. The standard InChI is InChI=1S/2C15H11ClO4.ClH.Cu.H2O/c2*1-9-8-13(18)14(15(19)20-9)12(17)7-4-10-2-5-11(16)6-3-10;;;/h2*2-8,18H,1H3;1H;;1H2/q;;;+2;/p-1/b2*7-4+;;;. The molecule has 229 valence electrons. The van der Waals surface area contributed by atoms with Gasteiger partial charge in [-0.2, -0.15) is 0 Å². The number of carbonyl (C=O) groups excluding carboxylic acids is 2. The van der Waals surface area contributed by atoms with Crippen molar-refractivity contribution in [2.24, 2.45) is 0 Å². The van der Waals surface area contributed by atoms with Crippen LogP contribution in [-0.4, -0.2) is 27.3 Å². The Balaban J connectivity index is 0.000000767. The molecule has 0 aliphatic rings. The van der Waals surface area contributed by atoms with Crippen LogP contribution in [0.5, 0.6) is 11.5 Å². The van der Waals surface area contributed by atoms with Crippen LogP contribution in [0, 0.1) is 13.8 Å². The van der Waals surface area contributed by atoms with E-state index in [2.05, 4.69) is 0 Å². The van der Waals surface area contributed by atoms with Gasteiger partial charge in [-0.25, -0.2) is 9.59 Å². The van der Waals surface area contributed by atoms with Gasteiger partial charge in [0, 0.05) is 22.2 Å². The summed E-state index contributed by atoms with van der Waals surface area (Å²) in [7, 11) is 0. The molecular weight excluding hydrogens is 674 g/mol. The molecule has 0 spiro atoms. The first kappa shape index (κ1) is 39.1. The second-order valence-corrected chi connectivity index (χ2v) is 9.18. The van der Waals surface area contributed by atoms with E-state index < -0.39 is 22.8 Å². The van der Waals surface area contributed by atoms with Crippen LogP contribution < -0.4 is 23.7 Å². The van der Waals surface area contributed by atoms with Crippen LogP contribution in [0.1, 0.15) is 43.4 Å². The maximum Gasteiger partial charge on any atom is 2.00 e. The molecule has 0 fully saturated rings. The zero-order valence-electron chi connectivity index (χ0n) is 22.4. The fraction of sp³-hybridized carbons (Fsp3) is 0.0667. The molecule has 0 aliphatic heterocycles. The summed E-state index contributed by atoms with van der Waals surface area (Å²) < 4.78 is 9.58. The second-order valence-electron chi connectivity index (χ2n) is 8.31. The fourth-order valence-corrected chi connectivity index (χ4v) is 3.56. The van der Waals surface area contributed by atoms with E-state index in [9.17, 15) is 29.4 Å². The smallest absolute Gasteiger partial charge is 1.00 e. The average molecular weight is 698 g/mol. The summed E-state index contributed by atoms with van der Waals surface area (Å²) in [6, 6.07) is 16.1. The molecule has 0 amide bonds. The van der Waals surface area contributed by atoms with Crippen LogP contribution in [0.3, 0.4) is 0 Å². The zero-order valence-corrected chi connectivity index (χ0v) is 25.6. The molecule has 13 heteroatoms. The molecule has 2 aromatic carbocycles. The van der Waals surface area contributed by atoms with E-state index in [1.165, 1.54) is 50.3 Å². The van der Waals surface area contributed by atoms with E-state index in [0.29, 0.717) is 10.0 Å². The molecule has 4 N–H and O–H groups in total. The molecule has 0 saturated carbocycles. The molecule has 2 heterocycles. The maximum atomic E-state index is 11.9. The van der Waals surface area contributed by atoms with Crippen LogP contribution in [0.25, 0.3) is 12.2 Å². The summed E-state index contributed by atoms with van der Waals surface area (Å²) in [4.78, 5) is 46.9. The first-order valence-corrected chi connectivity index (χ1v) is 12.3. The number of allylic oxidation sites excluding steroid dienone is 2. The molecule has 0 aliphatic carbocycles. The Hall–Kier alpha value is -3.89. The zero-order chi connectivity index (χ0) is 29.4. The summed E-state index contributed by atoms with van der Waals surface area (Å²) in [5, 5.41) is 20.5. The normalized spacial score (nSPS) is 10.1. The summed E-state index contributed by atoms with van der Waals surface area (Å²) in [6.07, 6.45) is 5.45. The quantitative estimate of drug-likeness (QED) is 0.176. The second kappa shape index (κ2) is 17.9. The van der Waals surface area contributed by atoms with Gasteiger partial charge in [0.15, 0.2) is 11.6 Å². The molecule has 0 saturated heterocycles. The summed E-state index contributed by atoms with van der Waals surface area (Å²) in [5.41, 5.74) is -0.958. The van der Waals surface area contributed by atoms with Crippen LogP contribution in [0.15, 0.2) is 91.2 Å². The van der Waals surface area contributed by atoms with E-state index in [4.69, 9.17) is 32.0 Å². The Bertz CT molecular complexity index is 1600. The van der Waals surface area contributed by atoms with Gasteiger partial charge >= 0.3 is 28.3 Å². The number of halogens is 3. The van der Waals surface area contributed by atoms with E-state index in [1.54, 1.807) is 48.5 Å². The SMILES string of the molecule is Cc1cc(O)c(C(=O)/C=C/c2ccc(Cl)cc2)c(=O)o1.Cc1cc(O)c(C(=O)/C=C/c2ccc(Cl)cc2)c(=O)o1.O.[Cl-].[Cu+2]. The molecule has 9 nitrogen and oxygen atoms in total. The number of carbonyl (C=O) groups is 2. The van der Waals surface area contributed by atoms with E-state index in [0.717, 1.165) is 11.1 Å². The van der Waals surface area contributed by atoms with Gasteiger partial charge in [-0.3, -0.25) is 9.59 Å². The van der Waals surface area contributed by atoms with Gasteiger partial charge < -0.3 is 36.9 Å². The minimum atomic E-state index is -0.853. The monoisotopic (exact) mass is 696 g/mol. The van der Waals surface area contributed by atoms with E-state index >= 15 is 0 Å². The maximum absolute atomic E-state index is 11.9. The molecule has 4 rings (SSSR count). The van der Waals surface area contributed by atoms with Crippen molar-refractivity contribution in [3.8, 4) is 11.5 Å². The van der Waals surface area contributed by atoms with Gasteiger partial charge in [0.1, 0.15) is 34.1 Å². The minimum Gasteiger partial charge on any atom is -1.00 e. The van der Waals surface area contributed by atoms with Crippen LogP contribution in [-0.2, 0) is 17.1 Å². The summed E-state index contributed by atoms with van der Waals surface area (Å²) in [5.74, 6) is -1.53. The van der Waals surface area contributed by atoms with Gasteiger partial charge in [0.25, 0.3) is 0 Å². The minimum absolute atomic E-state index is 0. The van der Waals surface area contributed by atoms with Gasteiger partial charge in [-0.15, -0.1) is 0 Å². The van der Waals surface area contributed by atoms with Crippen LogP contribution >= 0.6 is 23.2 Å². The third kappa shape index (κ3) is 11.4. The van der Waals surface area contributed by atoms with Crippen molar-refractivity contribution in [1.29, 1.82) is 0 Å². The van der Waals surface area contributed by atoms with Crippen LogP contribution in [0.4, 0.5) is 0 Å². The number of benzene rings is 2. The molecule has 0 bridgehead atoms. The number of aryl methyl sites for hydroxylation is 2. The van der Waals surface area contributed by atoms with Gasteiger partial charge in [-0.05, 0) is 61.4 Å². The molecule has 0 atom stereocenters. The number of rotatable bonds is 6. The predicted molar refractivity (Wildman–Crippen MR) is 156 cm³/mol. The largest absolute Gasteiger partial charge is 2.00 e. The van der Waals surface area contributed by atoms with Gasteiger partial charge in [0.2, 0.25) is 0 Å². The Morgan fingerprint density at radius 2 is 0.977 bits per heavy atom. The Morgan fingerprint density at radius 3 is 1.26 bits per heavy atom. The van der Waals surface area contributed by atoms with Crippen LogP contribution in [0.2, 0.25) is 10.0 Å². The number of aromatic hydroxyl groups is 2. The van der Waals surface area contributed by atoms with Gasteiger partial charge in [0.05, 0.1) is 0 Å². The third-order valence-electron chi connectivity index (χ3n) is 5.19. The number of ketones is 2. The molecule has 43 heavy (non-hydrogen) atoms. The first-order valence-electron chi connectivity index (χ1n) is 11.6. The Labute approximate surface area is 272 Å². The van der Waals surface area contributed by atoms with Gasteiger partial charge in [-0.1, -0.05) is 59.6 Å². The van der Waals surface area contributed by atoms with Crippen molar-refractivity contribution in [1.82, 2.24) is 0 Å². The van der Waals surface area contributed by atoms with Crippen molar-refractivity contribution in [3.05, 3.63) is 137 Å². The van der Waals surface area contributed by atoms with E-state index in [1.807, 2.05) is 0 Å². The number of hydrogen-bond acceptors (Lipinski definition) is 8. The Morgan fingerprint density at radius 1 is 0.674 bits per heavy atom. The topological polar surface area (TPSA) is 167 Å². The molecule has 0 unspecified atom stereocenters. The predicted octanol–water partition coefficient (Wildman–Crippen LogP) is 2.58. The Kier molecular flexibility index (Phi) is 16.3. The van der Waals surface area contributed by atoms with Crippen molar-refractivity contribution in [3.63, 3.8) is 0 Å². The van der Waals surface area contributed by atoms with Crippen molar-refractivity contribution >= 4 is 46.9 Å². The van der Waals surface area contributed by atoms with Crippen molar-refractivity contribution in [2.45, 2.75) is 13.8 Å². The average Bonchev–Trinajstić information content (AvgIpc) is 2.87. The summed E-state index contributed by atoms with van der Waals surface area (Å²) >= 11 is 11.5. The molecule has 1 radical (unpaired) electrons. The first-order chi connectivity index (χ1) is 18.9. The fourth-order valence-electron chi connectivity index (χ4n) is 3.30. The summed E-state index contributed by atoms with van der Waals surface area (Å²) in [6.45, 7) is 3.03. The molecule has 2 aromatic heterocycles. The van der Waals surface area contributed by atoms with Crippen molar-refractivity contribution < 1.29 is 63.6 Å². The number of hydrogen-bond donors (Lipinski definition) is 2. The van der Waals surface area contributed by atoms with Crippen molar-refractivity contribution in [2.75, 3.05) is 0 Å². The van der Waals surface area contributed by atoms with E-state index in [-0.39, 0.29) is 69.1 Å². The molecular formula is C30H24Cl3CuO9+.